The van der Waals surface area contributed by atoms with E-state index in [-0.39, 0.29) is 11.0 Å². The Morgan fingerprint density at radius 1 is 1.17 bits per heavy atom. The lowest BCUT2D eigenvalue weighted by Gasteiger charge is -2.11. The lowest BCUT2D eigenvalue weighted by molar-refractivity contribution is 0.0977. The summed E-state index contributed by atoms with van der Waals surface area (Å²) in [7, 11) is 0. The van der Waals surface area contributed by atoms with Crippen LogP contribution >= 0.6 is 12.2 Å². The molecule has 5 heteroatoms. The summed E-state index contributed by atoms with van der Waals surface area (Å²) in [6.07, 6.45) is 2.11. The zero-order valence-corrected chi connectivity index (χ0v) is 14.8. The number of unbranched alkanes of at least 4 members (excludes halogenated alkanes) is 1. The van der Waals surface area contributed by atoms with Crippen LogP contribution < -0.4 is 15.4 Å². The molecule has 0 fully saturated rings. The summed E-state index contributed by atoms with van der Waals surface area (Å²) in [5.41, 5.74) is 2.38. The predicted molar refractivity (Wildman–Crippen MR) is 102 cm³/mol. The summed E-state index contributed by atoms with van der Waals surface area (Å²) >= 11 is 5.21. The molecule has 0 aliphatic heterocycles. The average molecular weight is 342 g/mol. The summed E-state index contributed by atoms with van der Waals surface area (Å²) in [6.45, 7) is 4.75. The van der Waals surface area contributed by atoms with Crippen LogP contribution in [0.1, 0.15) is 35.7 Å². The van der Waals surface area contributed by atoms with Crippen LogP contribution in [0, 0.1) is 6.92 Å². The van der Waals surface area contributed by atoms with Crippen LogP contribution in [-0.2, 0) is 0 Å². The largest absolute Gasteiger partial charge is 0.494 e. The molecule has 2 N–H and O–H groups in total. The van der Waals surface area contributed by atoms with E-state index in [4.69, 9.17) is 17.0 Å². The molecule has 0 saturated carbocycles. The summed E-state index contributed by atoms with van der Waals surface area (Å²) < 4.78 is 5.66. The van der Waals surface area contributed by atoms with E-state index in [2.05, 4.69) is 17.6 Å². The Balaban J connectivity index is 1.92. The second-order valence-corrected chi connectivity index (χ2v) is 5.92. The third-order valence-corrected chi connectivity index (χ3v) is 3.57. The molecular weight excluding hydrogens is 320 g/mol. The number of hydrogen-bond acceptors (Lipinski definition) is 3. The van der Waals surface area contributed by atoms with Crippen LogP contribution in [0.2, 0.25) is 0 Å². The van der Waals surface area contributed by atoms with Gasteiger partial charge in [-0.2, -0.15) is 0 Å². The second kappa shape index (κ2) is 9.03. The molecular formula is C19H22N2O2S. The number of anilines is 1. The monoisotopic (exact) mass is 342 g/mol. The van der Waals surface area contributed by atoms with Gasteiger partial charge in [-0.1, -0.05) is 37.1 Å². The van der Waals surface area contributed by atoms with E-state index in [9.17, 15) is 4.79 Å². The van der Waals surface area contributed by atoms with Crippen LogP contribution in [0.4, 0.5) is 5.69 Å². The van der Waals surface area contributed by atoms with Crippen molar-refractivity contribution >= 4 is 28.9 Å². The van der Waals surface area contributed by atoms with E-state index < -0.39 is 0 Å². The first-order chi connectivity index (χ1) is 11.6. The topological polar surface area (TPSA) is 50.4 Å². The third-order valence-electron chi connectivity index (χ3n) is 3.37. The first kappa shape index (κ1) is 17.9. The average Bonchev–Trinajstić information content (AvgIpc) is 2.55. The molecule has 0 heterocycles. The molecule has 0 aliphatic carbocycles. The smallest absolute Gasteiger partial charge is 0.257 e. The minimum atomic E-state index is -0.230. The van der Waals surface area contributed by atoms with Crippen LogP contribution in [-0.4, -0.2) is 17.6 Å². The van der Waals surface area contributed by atoms with Crippen molar-refractivity contribution in [2.24, 2.45) is 0 Å². The lowest BCUT2D eigenvalue weighted by Crippen LogP contribution is -2.34. The maximum absolute atomic E-state index is 12.2. The van der Waals surface area contributed by atoms with Crippen molar-refractivity contribution in [3.05, 3.63) is 59.7 Å². The van der Waals surface area contributed by atoms with E-state index in [1.807, 2.05) is 49.4 Å². The van der Waals surface area contributed by atoms with Gasteiger partial charge in [-0.3, -0.25) is 10.1 Å². The molecule has 1 amide bonds. The van der Waals surface area contributed by atoms with Gasteiger partial charge in [0.2, 0.25) is 0 Å². The van der Waals surface area contributed by atoms with Crippen LogP contribution in [0.5, 0.6) is 5.75 Å². The van der Waals surface area contributed by atoms with Crippen LogP contribution in [0.3, 0.4) is 0 Å². The van der Waals surface area contributed by atoms with Crippen LogP contribution in [0.15, 0.2) is 48.5 Å². The van der Waals surface area contributed by atoms with Gasteiger partial charge < -0.3 is 10.1 Å². The number of nitrogens with one attached hydrogen (secondary N) is 2. The maximum atomic E-state index is 12.2. The molecule has 0 spiro atoms. The Hall–Kier alpha value is -2.40. The molecule has 24 heavy (non-hydrogen) atoms. The summed E-state index contributed by atoms with van der Waals surface area (Å²) in [5, 5.41) is 5.95. The highest BCUT2D eigenvalue weighted by Gasteiger charge is 2.08. The summed E-state index contributed by atoms with van der Waals surface area (Å²) in [5.74, 6) is 0.549. The molecule has 126 valence electrons. The van der Waals surface area contributed by atoms with Crippen molar-refractivity contribution in [3.8, 4) is 5.75 Å². The number of hydrogen-bond donors (Lipinski definition) is 2. The van der Waals surface area contributed by atoms with Crippen LogP contribution in [0.25, 0.3) is 0 Å². The molecule has 0 saturated heterocycles. The first-order valence-electron chi connectivity index (χ1n) is 8.00. The van der Waals surface area contributed by atoms with Gasteiger partial charge in [0.15, 0.2) is 5.11 Å². The van der Waals surface area contributed by atoms with Gasteiger partial charge in [0.1, 0.15) is 5.75 Å². The molecule has 2 aromatic carbocycles. The Morgan fingerprint density at radius 2 is 1.96 bits per heavy atom. The van der Waals surface area contributed by atoms with Crippen molar-refractivity contribution < 1.29 is 9.53 Å². The SMILES string of the molecule is CCCCOc1cccc(NC(=S)NC(=O)c2cccc(C)c2)c1. The van der Waals surface area contributed by atoms with Crippen molar-refractivity contribution in [1.29, 1.82) is 0 Å². The number of carbonyl (C=O) groups is 1. The predicted octanol–water partition coefficient (Wildman–Crippen LogP) is 4.30. The van der Waals surface area contributed by atoms with Gasteiger partial charge in [0.25, 0.3) is 5.91 Å². The lowest BCUT2D eigenvalue weighted by atomic mass is 10.1. The Labute approximate surface area is 148 Å². The van der Waals surface area contributed by atoms with E-state index in [1.165, 1.54) is 0 Å². The van der Waals surface area contributed by atoms with Crippen molar-refractivity contribution in [2.75, 3.05) is 11.9 Å². The third kappa shape index (κ3) is 5.66. The van der Waals surface area contributed by atoms with E-state index in [1.54, 1.807) is 6.07 Å². The van der Waals surface area contributed by atoms with Crippen molar-refractivity contribution in [3.63, 3.8) is 0 Å². The van der Waals surface area contributed by atoms with Gasteiger partial charge >= 0.3 is 0 Å². The van der Waals surface area contributed by atoms with Gasteiger partial charge in [-0.05, 0) is 49.8 Å². The van der Waals surface area contributed by atoms with E-state index >= 15 is 0 Å². The van der Waals surface area contributed by atoms with Crippen molar-refractivity contribution in [2.45, 2.75) is 26.7 Å². The standard InChI is InChI=1S/C19H22N2O2S/c1-3-4-11-23-17-10-6-9-16(13-17)20-19(24)21-18(22)15-8-5-7-14(2)12-15/h5-10,12-13H,3-4,11H2,1-2H3,(H2,20,21,22,24). The van der Waals surface area contributed by atoms with Crippen molar-refractivity contribution in [1.82, 2.24) is 5.32 Å². The number of benzene rings is 2. The van der Waals surface area contributed by atoms with E-state index in [0.29, 0.717) is 12.2 Å². The summed E-state index contributed by atoms with van der Waals surface area (Å²) in [6, 6.07) is 14.9. The van der Waals surface area contributed by atoms with Gasteiger partial charge in [-0.25, -0.2) is 0 Å². The highest BCUT2D eigenvalue weighted by Crippen LogP contribution is 2.17. The molecule has 2 rings (SSSR count). The normalized spacial score (nSPS) is 10.1. The molecule has 0 bridgehead atoms. The maximum Gasteiger partial charge on any atom is 0.257 e. The fourth-order valence-corrected chi connectivity index (χ4v) is 2.33. The number of rotatable bonds is 6. The molecule has 0 atom stereocenters. The van der Waals surface area contributed by atoms with Gasteiger partial charge in [0.05, 0.1) is 6.61 Å². The zero-order valence-electron chi connectivity index (χ0n) is 14.0. The molecule has 2 aromatic rings. The van der Waals surface area contributed by atoms with Gasteiger partial charge in [-0.15, -0.1) is 0 Å². The zero-order chi connectivity index (χ0) is 17.4. The highest BCUT2D eigenvalue weighted by atomic mass is 32.1. The molecule has 0 aliphatic rings. The fourth-order valence-electron chi connectivity index (χ4n) is 2.12. The molecule has 0 radical (unpaired) electrons. The minimum absolute atomic E-state index is 0.230. The Morgan fingerprint density at radius 3 is 2.71 bits per heavy atom. The van der Waals surface area contributed by atoms with Gasteiger partial charge in [0, 0.05) is 17.3 Å². The molecule has 0 aromatic heterocycles. The quantitative estimate of drug-likeness (QED) is 0.607. The fraction of sp³-hybridized carbons (Fsp3) is 0.263. The second-order valence-electron chi connectivity index (χ2n) is 5.51. The van der Waals surface area contributed by atoms with E-state index in [0.717, 1.165) is 29.8 Å². The number of amides is 1. The summed E-state index contributed by atoms with van der Waals surface area (Å²) in [4.78, 5) is 12.2. The minimum Gasteiger partial charge on any atom is -0.494 e. The first-order valence-corrected chi connectivity index (χ1v) is 8.41. The highest BCUT2D eigenvalue weighted by molar-refractivity contribution is 7.80. The number of ether oxygens (including phenoxy) is 1. The molecule has 4 nitrogen and oxygen atoms in total. The number of carbonyl (C=O) groups excluding carboxylic acids is 1. The Kier molecular flexibility index (Phi) is 6.75. The number of aryl methyl sites for hydroxylation is 1. The molecule has 0 unspecified atom stereocenters. The number of thiocarbonyl (C=S) groups is 1. The Bertz CT molecular complexity index is 716.